The van der Waals surface area contributed by atoms with Crippen LogP contribution in [0.4, 0.5) is 13.2 Å². The molecule has 2 atom stereocenters. The van der Waals surface area contributed by atoms with Crippen LogP contribution in [0, 0.1) is 11.8 Å². The monoisotopic (exact) mass is 348 g/mol. The highest BCUT2D eigenvalue weighted by atomic mass is 79.9. The highest BCUT2D eigenvalue weighted by Crippen LogP contribution is 2.42. The normalized spacial score (nSPS) is 28.1. The topological polar surface area (TPSA) is 41.1 Å². The van der Waals surface area contributed by atoms with Crippen LogP contribution < -0.4 is 10.6 Å². The van der Waals surface area contributed by atoms with E-state index in [0.717, 1.165) is 19.2 Å². The molecule has 0 radical (unpaired) electrons. The number of hydrogen-bond donors (Lipinski definition) is 2. The van der Waals surface area contributed by atoms with Gasteiger partial charge in [-0.1, -0.05) is 15.9 Å². The molecule has 1 saturated carbocycles. The molecule has 2 unspecified atom stereocenters. The summed E-state index contributed by atoms with van der Waals surface area (Å²) in [7, 11) is 0. The number of fused-ring (bicyclic) bond motifs is 1. The van der Waals surface area contributed by atoms with Crippen molar-refractivity contribution < 1.29 is 18.0 Å². The third kappa shape index (κ3) is 2.44. The first-order chi connectivity index (χ1) is 9.38. The Morgan fingerprint density at radius 1 is 1.30 bits per heavy atom. The average Bonchev–Trinajstić information content (AvgIpc) is 2.82. The molecule has 20 heavy (non-hydrogen) atoms. The lowest BCUT2D eigenvalue weighted by molar-refractivity contribution is -0.138. The van der Waals surface area contributed by atoms with Gasteiger partial charge in [0.1, 0.15) is 0 Å². The van der Waals surface area contributed by atoms with E-state index in [-0.39, 0.29) is 16.1 Å². The Kier molecular flexibility index (Phi) is 3.29. The number of rotatable bonds is 2. The number of nitrogens with one attached hydrogen (secondary N) is 2. The fourth-order valence-electron chi connectivity index (χ4n) is 2.75. The lowest BCUT2D eigenvalue weighted by Crippen LogP contribution is -2.32. The summed E-state index contributed by atoms with van der Waals surface area (Å²) in [5.41, 5.74) is -0.790. The van der Waals surface area contributed by atoms with E-state index in [1.165, 1.54) is 12.1 Å². The van der Waals surface area contributed by atoms with E-state index in [1.54, 1.807) is 0 Å². The van der Waals surface area contributed by atoms with E-state index in [9.17, 15) is 18.0 Å². The van der Waals surface area contributed by atoms with Gasteiger partial charge in [-0.25, -0.2) is 0 Å². The van der Waals surface area contributed by atoms with Crippen molar-refractivity contribution in [3.8, 4) is 0 Å². The number of benzene rings is 1. The quantitative estimate of drug-likeness (QED) is 0.861. The van der Waals surface area contributed by atoms with E-state index in [2.05, 4.69) is 26.6 Å². The molecule has 1 aliphatic carbocycles. The summed E-state index contributed by atoms with van der Waals surface area (Å²) in [4.78, 5) is 12.0. The molecule has 1 saturated heterocycles. The second kappa shape index (κ2) is 4.73. The maximum Gasteiger partial charge on any atom is 0.417 e. The molecule has 7 heteroatoms. The van der Waals surface area contributed by atoms with Crippen molar-refractivity contribution in [3.63, 3.8) is 0 Å². The summed E-state index contributed by atoms with van der Waals surface area (Å²) in [5.74, 6) is 0.412. The van der Waals surface area contributed by atoms with Crippen molar-refractivity contribution in [2.75, 3.05) is 13.1 Å². The largest absolute Gasteiger partial charge is 0.417 e. The molecule has 1 aromatic carbocycles. The number of hydrogen-bond acceptors (Lipinski definition) is 2. The molecule has 3 rings (SSSR count). The first-order valence-corrected chi connectivity index (χ1v) is 7.05. The highest BCUT2D eigenvalue weighted by molar-refractivity contribution is 9.10. The molecule has 0 bridgehead atoms. The van der Waals surface area contributed by atoms with Crippen LogP contribution in [0.1, 0.15) is 15.9 Å². The zero-order valence-electron chi connectivity index (χ0n) is 10.3. The molecular weight excluding hydrogens is 337 g/mol. The van der Waals surface area contributed by atoms with Gasteiger partial charge >= 0.3 is 6.18 Å². The minimum Gasteiger partial charge on any atom is -0.349 e. The van der Waals surface area contributed by atoms with Crippen LogP contribution in [0.3, 0.4) is 0 Å². The number of alkyl halides is 3. The van der Waals surface area contributed by atoms with E-state index in [4.69, 9.17) is 0 Å². The SMILES string of the molecule is O=C(NC1C2CNCC21)c1ccc(Br)c(C(F)(F)F)c1. The fraction of sp³-hybridized carbons (Fsp3) is 0.462. The molecule has 1 amide bonds. The predicted molar refractivity (Wildman–Crippen MR) is 70.2 cm³/mol. The highest BCUT2D eigenvalue weighted by Gasteiger charge is 2.53. The number of amides is 1. The van der Waals surface area contributed by atoms with Crippen LogP contribution in [0.2, 0.25) is 0 Å². The molecule has 3 nitrogen and oxygen atoms in total. The van der Waals surface area contributed by atoms with Crippen molar-refractivity contribution in [3.05, 3.63) is 33.8 Å². The molecular formula is C13H12BrF3N2O. The predicted octanol–water partition coefficient (Wildman–Crippen LogP) is 2.42. The van der Waals surface area contributed by atoms with Gasteiger partial charge in [-0.05, 0) is 30.0 Å². The number of carbonyl (C=O) groups is 1. The summed E-state index contributed by atoms with van der Waals surface area (Å²) >= 11 is 2.86. The Morgan fingerprint density at radius 3 is 2.55 bits per heavy atom. The smallest absolute Gasteiger partial charge is 0.349 e. The Morgan fingerprint density at radius 2 is 1.95 bits per heavy atom. The summed E-state index contributed by atoms with van der Waals surface area (Å²) in [5, 5.41) is 6.00. The Labute approximate surface area is 122 Å². The second-order valence-corrected chi connectivity index (χ2v) is 6.03. The van der Waals surface area contributed by atoms with Crippen molar-refractivity contribution in [1.29, 1.82) is 0 Å². The second-order valence-electron chi connectivity index (χ2n) is 5.18. The van der Waals surface area contributed by atoms with Gasteiger partial charge < -0.3 is 10.6 Å². The minimum atomic E-state index is -4.48. The van der Waals surface area contributed by atoms with E-state index in [1.807, 2.05) is 0 Å². The van der Waals surface area contributed by atoms with Crippen LogP contribution in [0.5, 0.6) is 0 Å². The summed E-state index contributed by atoms with van der Waals surface area (Å²) < 4.78 is 38.3. The van der Waals surface area contributed by atoms with E-state index < -0.39 is 17.6 Å². The molecule has 1 aromatic rings. The van der Waals surface area contributed by atoms with Crippen LogP contribution in [0.25, 0.3) is 0 Å². The lowest BCUT2D eigenvalue weighted by Gasteiger charge is -2.12. The van der Waals surface area contributed by atoms with Crippen molar-refractivity contribution in [1.82, 2.24) is 10.6 Å². The van der Waals surface area contributed by atoms with Crippen molar-refractivity contribution in [2.45, 2.75) is 12.2 Å². The summed E-state index contributed by atoms with van der Waals surface area (Å²) in [6.45, 7) is 1.73. The first kappa shape index (κ1) is 13.9. The molecule has 108 valence electrons. The van der Waals surface area contributed by atoms with E-state index >= 15 is 0 Å². The Hall–Kier alpha value is -1.08. The number of piperidine rings is 1. The minimum absolute atomic E-state index is 0.0402. The van der Waals surface area contributed by atoms with Gasteiger partial charge in [0.2, 0.25) is 0 Å². The molecule has 2 aliphatic rings. The van der Waals surface area contributed by atoms with Gasteiger partial charge in [0.15, 0.2) is 0 Å². The third-order valence-corrected chi connectivity index (χ3v) is 4.61. The first-order valence-electron chi connectivity index (χ1n) is 6.26. The zero-order chi connectivity index (χ0) is 14.5. The van der Waals surface area contributed by atoms with Gasteiger partial charge in [-0.3, -0.25) is 4.79 Å². The fourth-order valence-corrected chi connectivity index (χ4v) is 3.22. The van der Waals surface area contributed by atoms with Crippen LogP contribution in [-0.2, 0) is 6.18 Å². The zero-order valence-corrected chi connectivity index (χ0v) is 11.9. The van der Waals surface area contributed by atoms with Gasteiger partial charge in [0.25, 0.3) is 5.91 Å². The van der Waals surface area contributed by atoms with Crippen molar-refractivity contribution in [2.24, 2.45) is 11.8 Å². The molecule has 0 spiro atoms. The van der Waals surface area contributed by atoms with Gasteiger partial charge in [-0.15, -0.1) is 0 Å². The van der Waals surface area contributed by atoms with Crippen LogP contribution >= 0.6 is 15.9 Å². The molecule has 1 heterocycles. The van der Waals surface area contributed by atoms with Crippen LogP contribution in [-0.4, -0.2) is 25.0 Å². The number of carbonyl (C=O) groups excluding carboxylic acids is 1. The molecule has 2 fully saturated rings. The Bertz CT molecular complexity index is 551. The van der Waals surface area contributed by atoms with Gasteiger partial charge in [0.05, 0.1) is 5.56 Å². The Balaban J connectivity index is 1.75. The molecule has 1 aliphatic heterocycles. The standard InChI is InChI=1S/C13H12BrF3N2O/c14-10-2-1-6(3-9(10)13(15,16)17)12(20)19-11-7-4-18-5-8(7)11/h1-3,7-8,11,18H,4-5H2,(H,19,20). The summed E-state index contributed by atoms with van der Waals surface area (Å²) in [6.07, 6.45) is -4.48. The van der Waals surface area contributed by atoms with E-state index in [0.29, 0.717) is 11.8 Å². The number of halogens is 4. The molecule has 0 aromatic heterocycles. The molecule has 2 N–H and O–H groups in total. The summed E-state index contributed by atoms with van der Waals surface area (Å²) in [6, 6.07) is 3.63. The maximum atomic E-state index is 12.8. The van der Waals surface area contributed by atoms with Gasteiger partial charge in [-0.2, -0.15) is 13.2 Å². The maximum absolute atomic E-state index is 12.8. The van der Waals surface area contributed by atoms with Crippen molar-refractivity contribution >= 4 is 21.8 Å². The average molecular weight is 349 g/mol. The third-order valence-electron chi connectivity index (χ3n) is 3.92. The van der Waals surface area contributed by atoms with Crippen LogP contribution in [0.15, 0.2) is 22.7 Å². The van der Waals surface area contributed by atoms with Gasteiger partial charge in [0, 0.05) is 29.2 Å². The lowest BCUT2D eigenvalue weighted by atomic mass is 10.1.